The molecular formula is C59H47N. The molecular weight excluding hydrogens is 723 g/mol. The fourth-order valence-electron chi connectivity index (χ4n) is 11.8. The summed E-state index contributed by atoms with van der Waals surface area (Å²) in [6, 6.07) is 71.1. The summed E-state index contributed by atoms with van der Waals surface area (Å²) in [5.41, 5.74) is 19.8. The van der Waals surface area contributed by atoms with Crippen molar-refractivity contribution in [2.75, 3.05) is 4.90 Å². The number of anilines is 3. The van der Waals surface area contributed by atoms with Crippen LogP contribution in [0.3, 0.4) is 0 Å². The monoisotopic (exact) mass is 769 g/mol. The lowest BCUT2D eigenvalue weighted by molar-refractivity contribution is 0.353. The Bertz CT molecular complexity index is 3160. The zero-order valence-electron chi connectivity index (χ0n) is 34.4. The highest BCUT2D eigenvalue weighted by Gasteiger charge is 2.44. The summed E-state index contributed by atoms with van der Waals surface area (Å²) in [4.78, 5) is 2.55. The van der Waals surface area contributed by atoms with E-state index in [1.807, 2.05) is 0 Å². The zero-order chi connectivity index (χ0) is 40.0. The minimum atomic E-state index is -0.140. The Morgan fingerprint density at radius 3 is 1.78 bits per heavy atom. The Morgan fingerprint density at radius 1 is 0.383 bits per heavy atom. The first-order valence-electron chi connectivity index (χ1n) is 21.9. The van der Waals surface area contributed by atoms with Crippen molar-refractivity contribution in [1.82, 2.24) is 0 Å². The lowest BCUT2D eigenvalue weighted by atomic mass is 9.68. The first-order chi connectivity index (χ1) is 29.5. The maximum atomic E-state index is 2.57. The van der Waals surface area contributed by atoms with Gasteiger partial charge in [-0.25, -0.2) is 0 Å². The summed E-state index contributed by atoms with van der Waals surface area (Å²) < 4.78 is 0. The van der Waals surface area contributed by atoms with Crippen molar-refractivity contribution < 1.29 is 0 Å². The van der Waals surface area contributed by atoms with E-state index in [4.69, 9.17) is 0 Å². The molecule has 0 aliphatic heterocycles. The van der Waals surface area contributed by atoms with Gasteiger partial charge >= 0.3 is 0 Å². The second kappa shape index (κ2) is 13.4. The fraction of sp³-hybridized carbons (Fsp3) is 0.153. The van der Waals surface area contributed by atoms with Gasteiger partial charge in [-0.2, -0.15) is 0 Å². The third-order valence-electron chi connectivity index (χ3n) is 14.5. The third kappa shape index (κ3) is 5.11. The zero-order valence-corrected chi connectivity index (χ0v) is 34.4. The van der Waals surface area contributed by atoms with Crippen molar-refractivity contribution in [2.45, 2.75) is 56.8 Å². The quantitative estimate of drug-likeness (QED) is 0.158. The van der Waals surface area contributed by atoms with Gasteiger partial charge in [-0.1, -0.05) is 191 Å². The molecule has 0 N–H and O–H groups in total. The van der Waals surface area contributed by atoms with Crippen molar-refractivity contribution in [1.29, 1.82) is 0 Å². The van der Waals surface area contributed by atoms with Gasteiger partial charge in [-0.05, 0) is 126 Å². The molecule has 12 rings (SSSR count). The maximum absolute atomic E-state index is 2.57. The first-order valence-corrected chi connectivity index (χ1v) is 21.9. The number of rotatable bonds is 5. The Morgan fingerprint density at radius 2 is 0.967 bits per heavy atom. The van der Waals surface area contributed by atoms with Gasteiger partial charge in [0, 0.05) is 27.8 Å². The third-order valence-corrected chi connectivity index (χ3v) is 14.5. The maximum Gasteiger partial charge on any atom is 0.0540 e. The highest BCUT2D eigenvalue weighted by Crippen LogP contribution is 2.58. The molecule has 1 spiro atoms. The molecule has 0 heterocycles. The molecule has 1 fully saturated rings. The van der Waals surface area contributed by atoms with Crippen LogP contribution in [0.1, 0.15) is 68.2 Å². The van der Waals surface area contributed by atoms with E-state index in [0.717, 1.165) is 5.69 Å². The molecule has 0 aromatic heterocycles. The number of benzene rings is 9. The number of nitrogens with zero attached hydrogens (tertiary/aromatic N) is 1. The van der Waals surface area contributed by atoms with Gasteiger partial charge in [0.15, 0.2) is 0 Å². The van der Waals surface area contributed by atoms with Crippen LogP contribution in [0.4, 0.5) is 17.1 Å². The number of para-hydroxylation sites is 1. The molecule has 0 amide bonds. The summed E-state index contributed by atoms with van der Waals surface area (Å²) in [6.07, 6.45) is 6.27. The van der Waals surface area contributed by atoms with Crippen molar-refractivity contribution in [3.05, 3.63) is 210 Å². The molecule has 0 unspecified atom stereocenters. The van der Waals surface area contributed by atoms with E-state index in [0.29, 0.717) is 0 Å². The van der Waals surface area contributed by atoms with E-state index >= 15 is 0 Å². The average molecular weight is 770 g/mol. The molecule has 0 radical (unpaired) electrons. The minimum absolute atomic E-state index is 0.0593. The Balaban J connectivity index is 1.06. The van der Waals surface area contributed by atoms with E-state index in [-0.39, 0.29) is 10.8 Å². The number of fused-ring (bicyclic) bond motifs is 11. The van der Waals surface area contributed by atoms with Crippen molar-refractivity contribution >= 4 is 38.6 Å². The predicted molar refractivity (Wildman–Crippen MR) is 254 cm³/mol. The normalized spacial score (nSPS) is 15.4. The summed E-state index contributed by atoms with van der Waals surface area (Å²) in [7, 11) is 0. The van der Waals surface area contributed by atoms with E-state index < -0.39 is 0 Å². The van der Waals surface area contributed by atoms with Crippen LogP contribution in [0.25, 0.3) is 66.1 Å². The van der Waals surface area contributed by atoms with E-state index in [2.05, 4.69) is 207 Å². The fourth-order valence-corrected chi connectivity index (χ4v) is 11.8. The molecule has 1 saturated carbocycles. The summed E-state index contributed by atoms with van der Waals surface area (Å²) >= 11 is 0. The van der Waals surface area contributed by atoms with Crippen LogP contribution >= 0.6 is 0 Å². The lowest BCUT2D eigenvalue weighted by Crippen LogP contribution is -2.28. The Kier molecular flexibility index (Phi) is 7.88. The molecule has 3 aliphatic rings. The highest BCUT2D eigenvalue weighted by atomic mass is 15.1. The molecule has 288 valence electrons. The Labute approximate surface area is 353 Å². The van der Waals surface area contributed by atoms with E-state index in [1.165, 1.54) is 132 Å². The van der Waals surface area contributed by atoms with Crippen LogP contribution in [0.2, 0.25) is 0 Å². The summed E-state index contributed by atoms with van der Waals surface area (Å²) in [5.74, 6) is 0. The standard InChI is InChI=1S/C59H47N/c1-58(2)53-25-9-6-19-48(53)51-23-15-24-52(57(51)58)50-20-8-11-27-56(50)60(42-33-35-49-47-18-7-10-26-54(47)59(55(49)38-42)36-12-3-13-37-59)41-31-28-40(29-32-41)44-21-14-22-45-43-17-5-4-16-39(43)30-34-46(44)45/h4-11,14-35,38H,3,12-13,36-37H2,1-2H3. The van der Waals surface area contributed by atoms with Crippen molar-refractivity contribution in [3.63, 3.8) is 0 Å². The number of hydrogen-bond donors (Lipinski definition) is 0. The molecule has 0 atom stereocenters. The van der Waals surface area contributed by atoms with Crippen LogP contribution in [-0.4, -0.2) is 0 Å². The van der Waals surface area contributed by atoms with Crippen LogP contribution in [0.5, 0.6) is 0 Å². The molecule has 0 bridgehead atoms. The molecule has 60 heavy (non-hydrogen) atoms. The molecule has 3 aliphatic carbocycles. The van der Waals surface area contributed by atoms with Crippen molar-refractivity contribution in [2.24, 2.45) is 0 Å². The van der Waals surface area contributed by atoms with Gasteiger partial charge in [0.1, 0.15) is 0 Å². The van der Waals surface area contributed by atoms with Crippen LogP contribution in [0, 0.1) is 0 Å². The lowest BCUT2D eigenvalue weighted by Gasteiger charge is -2.37. The highest BCUT2D eigenvalue weighted by molar-refractivity contribution is 6.12. The summed E-state index contributed by atoms with van der Waals surface area (Å²) in [5, 5.41) is 5.14. The largest absolute Gasteiger partial charge is 0.310 e. The van der Waals surface area contributed by atoms with Crippen LogP contribution < -0.4 is 4.90 Å². The van der Waals surface area contributed by atoms with Crippen molar-refractivity contribution in [3.8, 4) is 44.5 Å². The number of hydrogen-bond acceptors (Lipinski definition) is 1. The first kappa shape index (κ1) is 35.3. The predicted octanol–water partition coefficient (Wildman–Crippen LogP) is 16.3. The van der Waals surface area contributed by atoms with Gasteiger partial charge in [0.2, 0.25) is 0 Å². The smallest absolute Gasteiger partial charge is 0.0540 e. The van der Waals surface area contributed by atoms with E-state index in [1.54, 1.807) is 0 Å². The SMILES string of the molecule is CC1(C)c2ccccc2-c2cccc(-c3ccccc3N(c3ccc(-c4cccc5c4ccc4ccccc45)cc3)c3ccc4c(c3)C3(CCCCC3)c3ccccc3-4)c21. The van der Waals surface area contributed by atoms with Gasteiger partial charge in [0.25, 0.3) is 0 Å². The summed E-state index contributed by atoms with van der Waals surface area (Å²) in [6.45, 7) is 4.80. The molecule has 1 heteroatoms. The molecule has 9 aromatic carbocycles. The molecule has 9 aromatic rings. The minimum Gasteiger partial charge on any atom is -0.310 e. The molecule has 1 nitrogen and oxygen atoms in total. The topological polar surface area (TPSA) is 3.24 Å². The van der Waals surface area contributed by atoms with E-state index in [9.17, 15) is 0 Å². The molecule has 0 saturated heterocycles. The van der Waals surface area contributed by atoms with Crippen LogP contribution in [0.15, 0.2) is 188 Å². The van der Waals surface area contributed by atoms with Gasteiger partial charge in [0.05, 0.1) is 5.69 Å². The van der Waals surface area contributed by atoms with Crippen LogP contribution in [-0.2, 0) is 10.8 Å². The average Bonchev–Trinajstić information content (AvgIpc) is 3.71. The second-order valence-electron chi connectivity index (χ2n) is 17.9. The van der Waals surface area contributed by atoms with Gasteiger partial charge in [-0.3, -0.25) is 0 Å². The second-order valence-corrected chi connectivity index (χ2v) is 17.9. The van der Waals surface area contributed by atoms with Gasteiger partial charge < -0.3 is 4.90 Å². The Hall–Kier alpha value is -6.70. The van der Waals surface area contributed by atoms with Gasteiger partial charge in [-0.15, -0.1) is 0 Å².